The summed E-state index contributed by atoms with van der Waals surface area (Å²) in [6.45, 7) is 7.38. The number of halogens is 1. The molecule has 3 atom stereocenters. The van der Waals surface area contributed by atoms with Gasteiger partial charge in [-0.1, -0.05) is 35.0 Å². The molecule has 0 saturated carbocycles. The van der Waals surface area contributed by atoms with E-state index in [1.54, 1.807) is 7.11 Å². The first-order valence-corrected chi connectivity index (χ1v) is 8.25. The molecule has 0 aliphatic heterocycles. The fourth-order valence-electron chi connectivity index (χ4n) is 2.97. The van der Waals surface area contributed by atoms with Gasteiger partial charge in [0, 0.05) is 23.3 Å². The van der Waals surface area contributed by atoms with E-state index in [1.165, 1.54) is 0 Å². The fourth-order valence-corrected chi connectivity index (χ4v) is 3.21. The van der Waals surface area contributed by atoms with Crippen LogP contribution >= 0.6 is 11.6 Å². The van der Waals surface area contributed by atoms with Crippen molar-refractivity contribution in [3.8, 4) is 0 Å². The molecule has 0 saturated heterocycles. The first-order chi connectivity index (χ1) is 11.4. The molecule has 0 aliphatic rings. The molecule has 0 spiro atoms. The zero-order valence-corrected chi connectivity index (χ0v) is 15.3. The number of hydrogen-bond donors (Lipinski definition) is 1. The quantitative estimate of drug-likeness (QED) is 0.857. The lowest BCUT2D eigenvalue weighted by molar-refractivity contribution is -0.123. The largest absolute Gasteiger partial charge is 0.375 e. The minimum atomic E-state index is -0.359. The Balaban J connectivity index is 2.14. The molecular weight excluding hydrogens is 328 g/mol. The summed E-state index contributed by atoms with van der Waals surface area (Å²) in [7, 11) is 1.61. The van der Waals surface area contributed by atoms with Crippen molar-refractivity contribution in [3.05, 3.63) is 51.9 Å². The van der Waals surface area contributed by atoms with E-state index in [2.05, 4.69) is 10.5 Å². The second kappa shape index (κ2) is 7.81. The van der Waals surface area contributed by atoms with Crippen molar-refractivity contribution in [1.82, 2.24) is 10.5 Å². The molecule has 0 bridgehead atoms. The van der Waals surface area contributed by atoms with Gasteiger partial charge in [-0.15, -0.1) is 0 Å². The van der Waals surface area contributed by atoms with Crippen LogP contribution in [0.15, 0.2) is 28.8 Å². The average molecular weight is 351 g/mol. The Morgan fingerprint density at radius 3 is 2.50 bits per heavy atom. The lowest BCUT2D eigenvalue weighted by Crippen LogP contribution is -2.40. The SMILES string of the molecule is CO[C@H](c1ccccc1Cl)[C@H](C)NC(=O)[C@H](C)c1c(C)noc1C. The summed E-state index contributed by atoms with van der Waals surface area (Å²) in [6, 6.07) is 7.22. The topological polar surface area (TPSA) is 64.4 Å². The van der Waals surface area contributed by atoms with Crippen molar-refractivity contribution in [3.63, 3.8) is 0 Å². The molecule has 1 aromatic heterocycles. The normalized spacial score (nSPS) is 14.9. The van der Waals surface area contributed by atoms with Crippen LogP contribution in [0.2, 0.25) is 5.02 Å². The van der Waals surface area contributed by atoms with Crippen LogP contribution in [0.3, 0.4) is 0 Å². The number of rotatable bonds is 6. The van der Waals surface area contributed by atoms with E-state index < -0.39 is 0 Å². The second-order valence-corrected chi connectivity index (χ2v) is 6.34. The van der Waals surface area contributed by atoms with Crippen LogP contribution in [0.4, 0.5) is 0 Å². The predicted molar refractivity (Wildman–Crippen MR) is 93.2 cm³/mol. The van der Waals surface area contributed by atoms with Gasteiger partial charge in [0.15, 0.2) is 0 Å². The summed E-state index contributed by atoms with van der Waals surface area (Å²) in [5.74, 6) is 0.200. The number of aryl methyl sites for hydroxylation is 2. The number of amides is 1. The van der Waals surface area contributed by atoms with Gasteiger partial charge in [0.2, 0.25) is 5.91 Å². The van der Waals surface area contributed by atoms with Gasteiger partial charge in [-0.05, 0) is 33.8 Å². The third kappa shape index (κ3) is 3.79. The number of benzene rings is 1. The lowest BCUT2D eigenvalue weighted by atomic mass is 9.97. The molecule has 0 fully saturated rings. The molecule has 130 valence electrons. The van der Waals surface area contributed by atoms with Crippen molar-refractivity contribution in [2.45, 2.75) is 45.8 Å². The van der Waals surface area contributed by atoms with Gasteiger partial charge in [-0.2, -0.15) is 0 Å². The minimum Gasteiger partial charge on any atom is -0.375 e. The van der Waals surface area contributed by atoms with Crippen molar-refractivity contribution >= 4 is 17.5 Å². The molecule has 1 amide bonds. The Hall–Kier alpha value is -1.85. The zero-order valence-electron chi connectivity index (χ0n) is 14.6. The Morgan fingerprint density at radius 2 is 1.96 bits per heavy atom. The van der Waals surface area contributed by atoms with E-state index in [1.807, 2.05) is 52.0 Å². The first kappa shape index (κ1) is 18.5. The molecule has 1 N–H and O–H groups in total. The van der Waals surface area contributed by atoms with Gasteiger partial charge < -0.3 is 14.6 Å². The van der Waals surface area contributed by atoms with E-state index in [4.69, 9.17) is 20.9 Å². The highest BCUT2D eigenvalue weighted by atomic mass is 35.5. The molecular formula is C18H23ClN2O3. The maximum absolute atomic E-state index is 12.6. The highest BCUT2D eigenvalue weighted by Crippen LogP contribution is 2.29. The van der Waals surface area contributed by atoms with Gasteiger partial charge >= 0.3 is 0 Å². The third-order valence-corrected chi connectivity index (χ3v) is 4.55. The summed E-state index contributed by atoms with van der Waals surface area (Å²) < 4.78 is 10.7. The van der Waals surface area contributed by atoms with Crippen LogP contribution in [0, 0.1) is 13.8 Å². The minimum absolute atomic E-state index is 0.106. The van der Waals surface area contributed by atoms with Gasteiger partial charge in [0.05, 0.1) is 17.7 Å². The highest BCUT2D eigenvalue weighted by Gasteiger charge is 2.27. The van der Waals surface area contributed by atoms with E-state index in [0.29, 0.717) is 10.8 Å². The van der Waals surface area contributed by atoms with Crippen molar-refractivity contribution < 1.29 is 14.1 Å². The van der Waals surface area contributed by atoms with Crippen LogP contribution in [-0.2, 0) is 9.53 Å². The predicted octanol–water partition coefficient (Wildman–Crippen LogP) is 3.94. The third-order valence-electron chi connectivity index (χ3n) is 4.20. The van der Waals surface area contributed by atoms with E-state index in [9.17, 15) is 4.79 Å². The van der Waals surface area contributed by atoms with E-state index >= 15 is 0 Å². The maximum Gasteiger partial charge on any atom is 0.227 e. The number of methoxy groups -OCH3 is 1. The van der Waals surface area contributed by atoms with Crippen LogP contribution in [0.5, 0.6) is 0 Å². The van der Waals surface area contributed by atoms with Gasteiger partial charge in [-0.25, -0.2) is 0 Å². The molecule has 0 unspecified atom stereocenters. The highest BCUT2D eigenvalue weighted by molar-refractivity contribution is 6.31. The fraction of sp³-hybridized carbons (Fsp3) is 0.444. The standard InChI is InChI=1S/C18H23ClN2O3/c1-10(16-11(2)21-24-13(16)4)18(22)20-12(3)17(23-5)14-8-6-7-9-15(14)19/h6-10,12,17H,1-5H3,(H,20,22)/t10-,12+,17+/m1/s1. The van der Waals surface area contributed by atoms with Crippen molar-refractivity contribution in [2.24, 2.45) is 0 Å². The zero-order chi connectivity index (χ0) is 17.9. The van der Waals surface area contributed by atoms with Gasteiger partial charge in [-0.3, -0.25) is 4.79 Å². The summed E-state index contributed by atoms with van der Waals surface area (Å²) in [6.07, 6.45) is -0.334. The molecule has 2 rings (SSSR count). The first-order valence-electron chi connectivity index (χ1n) is 7.87. The Labute approximate surface area is 147 Å². The smallest absolute Gasteiger partial charge is 0.227 e. The molecule has 2 aromatic rings. The molecule has 24 heavy (non-hydrogen) atoms. The molecule has 6 heteroatoms. The molecule has 0 radical (unpaired) electrons. The number of nitrogens with one attached hydrogen (secondary N) is 1. The van der Waals surface area contributed by atoms with Gasteiger partial charge in [0.1, 0.15) is 11.9 Å². The van der Waals surface area contributed by atoms with Crippen LogP contribution in [0.25, 0.3) is 0 Å². The van der Waals surface area contributed by atoms with Crippen molar-refractivity contribution in [2.75, 3.05) is 7.11 Å². The lowest BCUT2D eigenvalue weighted by Gasteiger charge is -2.26. The van der Waals surface area contributed by atoms with Crippen LogP contribution in [0.1, 0.15) is 48.5 Å². The summed E-state index contributed by atoms with van der Waals surface area (Å²) in [4.78, 5) is 12.6. The summed E-state index contributed by atoms with van der Waals surface area (Å²) >= 11 is 6.25. The molecule has 5 nitrogen and oxygen atoms in total. The number of ether oxygens (including phenoxy) is 1. The number of carbonyl (C=O) groups excluding carboxylic acids is 1. The number of nitrogens with zero attached hydrogens (tertiary/aromatic N) is 1. The molecule has 0 aliphatic carbocycles. The Bertz CT molecular complexity index is 695. The number of carbonyl (C=O) groups is 1. The second-order valence-electron chi connectivity index (χ2n) is 5.93. The van der Waals surface area contributed by atoms with E-state index in [-0.39, 0.29) is 24.0 Å². The summed E-state index contributed by atoms with van der Waals surface area (Å²) in [5, 5.41) is 7.53. The summed E-state index contributed by atoms with van der Waals surface area (Å²) in [5.41, 5.74) is 2.41. The van der Waals surface area contributed by atoms with E-state index in [0.717, 1.165) is 16.8 Å². The van der Waals surface area contributed by atoms with Gasteiger partial charge in [0.25, 0.3) is 0 Å². The molecule has 1 aromatic carbocycles. The Kier molecular flexibility index (Phi) is 6.02. The van der Waals surface area contributed by atoms with Crippen LogP contribution < -0.4 is 5.32 Å². The van der Waals surface area contributed by atoms with Crippen molar-refractivity contribution in [1.29, 1.82) is 0 Å². The maximum atomic E-state index is 12.6. The average Bonchev–Trinajstić information content (AvgIpc) is 2.88. The monoisotopic (exact) mass is 350 g/mol. The van der Waals surface area contributed by atoms with Crippen LogP contribution in [-0.4, -0.2) is 24.2 Å². The Morgan fingerprint density at radius 1 is 1.29 bits per heavy atom. The number of hydrogen-bond acceptors (Lipinski definition) is 4. The molecule has 1 heterocycles. The number of aromatic nitrogens is 1.